The second-order valence-electron chi connectivity index (χ2n) is 6.35. The summed E-state index contributed by atoms with van der Waals surface area (Å²) in [7, 11) is 1.75. The fraction of sp³-hybridized carbons (Fsp3) is 0.588. The van der Waals surface area contributed by atoms with Gasteiger partial charge in [-0.05, 0) is 36.3 Å². The highest BCUT2D eigenvalue weighted by Gasteiger charge is 2.41. The van der Waals surface area contributed by atoms with Gasteiger partial charge in [0.2, 0.25) is 0 Å². The van der Waals surface area contributed by atoms with Crippen LogP contribution in [0.3, 0.4) is 0 Å². The van der Waals surface area contributed by atoms with Crippen LogP contribution in [0.1, 0.15) is 24.8 Å². The van der Waals surface area contributed by atoms with Crippen molar-refractivity contribution in [1.82, 2.24) is 10.3 Å². The summed E-state index contributed by atoms with van der Waals surface area (Å²) in [4.78, 5) is 4.82. The number of benzene rings is 1. The highest BCUT2D eigenvalue weighted by atomic mass is 32.1. The van der Waals surface area contributed by atoms with Crippen molar-refractivity contribution in [1.29, 1.82) is 0 Å². The van der Waals surface area contributed by atoms with Crippen molar-refractivity contribution in [3.05, 3.63) is 29.3 Å². The van der Waals surface area contributed by atoms with Crippen molar-refractivity contribution in [2.24, 2.45) is 11.3 Å². The molecule has 1 N–H and O–H groups in total. The Hall–Kier alpha value is -0.970. The number of thiazole rings is 1. The van der Waals surface area contributed by atoms with E-state index in [9.17, 15) is 0 Å². The van der Waals surface area contributed by atoms with Crippen molar-refractivity contribution in [2.75, 3.05) is 26.8 Å². The number of para-hydroxylation sites is 1. The van der Waals surface area contributed by atoms with Gasteiger partial charge in [-0.2, -0.15) is 0 Å². The number of rotatable bonds is 8. The van der Waals surface area contributed by atoms with E-state index < -0.39 is 0 Å². The number of fused-ring (bicyclic) bond motifs is 1. The zero-order valence-electron chi connectivity index (χ0n) is 12.9. The third kappa shape index (κ3) is 3.62. The van der Waals surface area contributed by atoms with Gasteiger partial charge in [0.05, 0.1) is 21.8 Å². The lowest BCUT2D eigenvalue weighted by atomic mass is 9.81. The quantitative estimate of drug-likeness (QED) is 0.758. The molecule has 0 saturated heterocycles. The Morgan fingerprint density at radius 1 is 1.38 bits per heavy atom. The molecule has 1 saturated carbocycles. The van der Waals surface area contributed by atoms with Crippen LogP contribution in [0, 0.1) is 11.3 Å². The number of nitrogens with zero attached hydrogens (tertiary/aromatic N) is 1. The van der Waals surface area contributed by atoms with E-state index >= 15 is 0 Å². The fourth-order valence-corrected chi connectivity index (χ4v) is 4.19. The molecule has 0 radical (unpaired) electrons. The summed E-state index contributed by atoms with van der Waals surface area (Å²) in [6, 6.07) is 8.44. The molecule has 114 valence electrons. The van der Waals surface area contributed by atoms with E-state index in [1.807, 2.05) is 11.3 Å². The first-order valence-electron chi connectivity index (χ1n) is 7.75. The lowest BCUT2D eigenvalue weighted by Gasteiger charge is -2.29. The molecular formula is C17H24N2OS. The van der Waals surface area contributed by atoms with Gasteiger partial charge in [0.15, 0.2) is 0 Å². The Morgan fingerprint density at radius 3 is 2.90 bits per heavy atom. The Morgan fingerprint density at radius 2 is 2.19 bits per heavy atom. The van der Waals surface area contributed by atoms with Gasteiger partial charge in [-0.15, -0.1) is 11.3 Å². The average Bonchev–Trinajstić information content (AvgIpc) is 3.25. The topological polar surface area (TPSA) is 34.1 Å². The van der Waals surface area contributed by atoms with Crippen molar-refractivity contribution >= 4 is 21.6 Å². The van der Waals surface area contributed by atoms with E-state index in [0.717, 1.165) is 37.6 Å². The molecular weight excluding hydrogens is 280 g/mol. The largest absolute Gasteiger partial charge is 0.383 e. The molecule has 1 aliphatic rings. The number of hydrogen-bond acceptors (Lipinski definition) is 4. The summed E-state index contributed by atoms with van der Waals surface area (Å²) in [5, 5.41) is 4.83. The number of ether oxygens (including phenoxy) is 1. The van der Waals surface area contributed by atoms with Crippen LogP contribution in [-0.4, -0.2) is 31.8 Å². The molecule has 1 fully saturated rings. The smallest absolute Gasteiger partial charge is 0.0944 e. The van der Waals surface area contributed by atoms with E-state index in [2.05, 4.69) is 36.5 Å². The van der Waals surface area contributed by atoms with Gasteiger partial charge >= 0.3 is 0 Å². The molecule has 4 heteroatoms. The average molecular weight is 304 g/mol. The van der Waals surface area contributed by atoms with Crippen LogP contribution in [0.4, 0.5) is 0 Å². The second-order valence-corrected chi connectivity index (χ2v) is 7.47. The highest BCUT2D eigenvalue weighted by molar-refractivity contribution is 7.18. The van der Waals surface area contributed by atoms with Crippen LogP contribution in [0.5, 0.6) is 0 Å². The van der Waals surface area contributed by atoms with Crippen LogP contribution < -0.4 is 5.32 Å². The maximum atomic E-state index is 5.12. The van der Waals surface area contributed by atoms with Gasteiger partial charge in [-0.25, -0.2) is 4.98 Å². The zero-order valence-corrected chi connectivity index (χ0v) is 13.7. The molecule has 2 aromatic rings. The van der Waals surface area contributed by atoms with Gasteiger partial charge in [0, 0.05) is 26.6 Å². The molecule has 1 heterocycles. The Balaban J connectivity index is 1.69. The normalized spacial score (nSPS) is 18.0. The van der Waals surface area contributed by atoms with Crippen LogP contribution >= 0.6 is 11.3 Å². The first kappa shape index (κ1) is 14.9. The lowest BCUT2D eigenvalue weighted by Crippen LogP contribution is -2.37. The molecule has 1 aliphatic carbocycles. The van der Waals surface area contributed by atoms with Crippen molar-refractivity contribution in [3.63, 3.8) is 0 Å². The molecule has 1 aromatic carbocycles. The van der Waals surface area contributed by atoms with E-state index in [0.29, 0.717) is 5.41 Å². The third-order valence-corrected chi connectivity index (χ3v) is 5.50. The Kier molecular flexibility index (Phi) is 4.57. The van der Waals surface area contributed by atoms with E-state index in [1.165, 1.54) is 22.5 Å². The number of methoxy groups -OCH3 is 1. The predicted octanol–water partition coefficient (Wildman–Crippen LogP) is 3.49. The highest BCUT2D eigenvalue weighted by Crippen LogP contribution is 2.47. The summed E-state index contributed by atoms with van der Waals surface area (Å²) >= 11 is 1.85. The molecule has 0 bridgehead atoms. The van der Waals surface area contributed by atoms with Gasteiger partial charge in [-0.1, -0.05) is 19.1 Å². The molecule has 0 spiro atoms. The minimum absolute atomic E-state index is 0.321. The van der Waals surface area contributed by atoms with Crippen LogP contribution in [0.25, 0.3) is 10.2 Å². The SMILES string of the molecule is COCCNCC(C)(Cc1nc2ccccc2s1)C1CC1. The first-order chi connectivity index (χ1) is 10.2. The van der Waals surface area contributed by atoms with Crippen LogP contribution in [0.2, 0.25) is 0 Å². The number of hydrogen-bond donors (Lipinski definition) is 1. The Bertz CT molecular complexity index is 560. The zero-order chi connectivity index (χ0) is 14.7. The summed E-state index contributed by atoms with van der Waals surface area (Å²) in [6.45, 7) is 5.17. The van der Waals surface area contributed by atoms with E-state index in [4.69, 9.17) is 9.72 Å². The summed E-state index contributed by atoms with van der Waals surface area (Å²) < 4.78 is 6.42. The summed E-state index contributed by atoms with van der Waals surface area (Å²) in [5.74, 6) is 0.847. The molecule has 1 aromatic heterocycles. The van der Waals surface area contributed by atoms with Gasteiger partial charge in [0.25, 0.3) is 0 Å². The Labute approximate surface area is 130 Å². The minimum atomic E-state index is 0.321. The monoisotopic (exact) mass is 304 g/mol. The molecule has 21 heavy (non-hydrogen) atoms. The minimum Gasteiger partial charge on any atom is -0.383 e. The van der Waals surface area contributed by atoms with Gasteiger partial charge in [0.1, 0.15) is 0 Å². The second kappa shape index (κ2) is 6.42. The molecule has 3 nitrogen and oxygen atoms in total. The van der Waals surface area contributed by atoms with Crippen molar-refractivity contribution in [2.45, 2.75) is 26.2 Å². The van der Waals surface area contributed by atoms with Gasteiger partial charge in [-0.3, -0.25) is 0 Å². The van der Waals surface area contributed by atoms with Crippen LogP contribution in [-0.2, 0) is 11.2 Å². The summed E-state index contributed by atoms with van der Waals surface area (Å²) in [5.41, 5.74) is 1.46. The maximum Gasteiger partial charge on any atom is 0.0944 e. The third-order valence-electron chi connectivity index (χ3n) is 4.47. The molecule has 1 unspecified atom stereocenters. The van der Waals surface area contributed by atoms with E-state index in [1.54, 1.807) is 7.11 Å². The fourth-order valence-electron chi connectivity index (χ4n) is 3.02. The van der Waals surface area contributed by atoms with Crippen LogP contribution in [0.15, 0.2) is 24.3 Å². The molecule has 1 atom stereocenters. The van der Waals surface area contributed by atoms with Gasteiger partial charge < -0.3 is 10.1 Å². The van der Waals surface area contributed by atoms with E-state index in [-0.39, 0.29) is 0 Å². The summed E-state index contributed by atoms with van der Waals surface area (Å²) in [6.07, 6.45) is 3.82. The molecule has 3 rings (SSSR count). The first-order valence-corrected chi connectivity index (χ1v) is 8.57. The lowest BCUT2D eigenvalue weighted by molar-refractivity contribution is 0.187. The molecule has 0 aliphatic heterocycles. The number of aromatic nitrogens is 1. The number of nitrogens with one attached hydrogen (secondary N) is 1. The predicted molar refractivity (Wildman–Crippen MR) is 88.9 cm³/mol. The maximum absolute atomic E-state index is 5.12. The van der Waals surface area contributed by atoms with Crippen molar-refractivity contribution < 1.29 is 4.74 Å². The van der Waals surface area contributed by atoms with Crippen molar-refractivity contribution in [3.8, 4) is 0 Å². The standard InChI is InChI=1S/C17H24N2OS/c1-17(13-7-8-13,12-18-9-10-20-2)11-16-19-14-5-3-4-6-15(14)21-16/h3-6,13,18H,7-12H2,1-2H3. The molecule has 0 amide bonds.